The maximum absolute atomic E-state index is 14.0. The molecule has 4 aliphatic rings. The van der Waals surface area contributed by atoms with E-state index in [0.29, 0.717) is 31.7 Å². The highest BCUT2D eigenvalue weighted by Crippen LogP contribution is 2.49. The van der Waals surface area contributed by atoms with Crippen molar-refractivity contribution in [2.75, 3.05) is 13.6 Å². The highest BCUT2D eigenvalue weighted by Gasteiger charge is 2.56. The summed E-state index contributed by atoms with van der Waals surface area (Å²) < 4.78 is 0.881. The van der Waals surface area contributed by atoms with Crippen LogP contribution in [0.2, 0.25) is 0 Å². The second-order valence-corrected chi connectivity index (χ2v) is 13.3. The van der Waals surface area contributed by atoms with Crippen LogP contribution in [-0.4, -0.2) is 75.2 Å². The number of para-hydroxylation sites is 1. The lowest BCUT2D eigenvalue weighted by Gasteiger charge is -2.45. The Hall–Kier alpha value is -3.50. The van der Waals surface area contributed by atoms with Gasteiger partial charge in [0.15, 0.2) is 0 Å². The van der Waals surface area contributed by atoms with Crippen LogP contribution in [0, 0.1) is 11.3 Å². The van der Waals surface area contributed by atoms with Crippen molar-refractivity contribution in [1.82, 2.24) is 20.1 Å². The molecule has 3 aliphatic carbocycles. The fraction of sp³-hybridized carbons (Fsp3) is 0.455. The largest absolute Gasteiger partial charge is 0.391 e. The lowest BCUT2D eigenvalue weighted by Crippen LogP contribution is -2.58. The number of nitrogens with one attached hydrogen (secondary N) is 2. The molecule has 3 unspecified atom stereocenters. The van der Waals surface area contributed by atoms with Gasteiger partial charge in [0.2, 0.25) is 17.7 Å². The minimum atomic E-state index is -1.10. The first-order valence-corrected chi connectivity index (χ1v) is 15.8. The summed E-state index contributed by atoms with van der Waals surface area (Å²) in [5.74, 6) is -0.814. The first kappa shape index (κ1) is 29.6. The van der Waals surface area contributed by atoms with E-state index < -0.39 is 29.5 Å². The van der Waals surface area contributed by atoms with Crippen LogP contribution < -0.4 is 5.32 Å². The Morgan fingerprint density at radius 3 is 2.58 bits per heavy atom. The SMILES string of the molecule is CN(Cc1ccccc1Br)C(=O)C(Cc1c[nH]c2ccccc12)NC(=O)C1CC(O)CN1C(=O)C12CCC(CC1)CC2=O. The van der Waals surface area contributed by atoms with Crippen LogP contribution in [0.3, 0.4) is 0 Å². The number of hydrogen-bond acceptors (Lipinski definition) is 5. The number of benzene rings is 2. The topological polar surface area (TPSA) is 123 Å². The Morgan fingerprint density at radius 1 is 1.12 bits per heavy atom. The van der Waals surface area contributed by atoms with E-state index in [1.165, 1.54) is 4.90 Å². The molecule has 3 atom stereocenters. The van der Waals surface area contributed by atoms with E-state index in [4.69, 9.17) is 0 Å². The van der Waals surface area contributed by atoms with Gasteiger partial charge in [-0.15, -0.1) is 0 Å². The van der Waals surface area contributed by atoms with Gasteiger partial charge in [0.1, 0.15) is 23.3 Å². The summed E-state index contributed by atoms with van der Waals surface area (Å²) in [6.45, 7) is 0.331. The molecule has 3 saturated carbocycles. The number of rotatable bonds is 8. The lowest BCUT2D eigenvalue weighted by atomic mass is 9.59. The molecule has 0 spiro atoms. The normalized spacial score (nSPS) is 25.6. The number of likely N-dealkylation sites (N-methyl/N-ethyl adjacent to an activating group) is 1. The Kier molecular flexibility index (Phi) is 8.17. The predicted molar refractivity (Wildman–Crippen MR) is 165 cm³/mol. The summed E-state index contributed by atoms with van der Waals surface area (Å²) in [5.41, 5.74) is 1.64. The standard InChI is InChI=1S/C33H37BrN4O5/c1-37(18-21-6-2-4-8-25(21)34)31(42)27(15-22-17-35-26-9-5-3-7-24(22)26)36-30(41)28-16-23(39)19-38(28)32(43)33-12-10-20(11-13-33)14-29(33)40/h2-9,17,20,23,27-28,35,39H,10-16,18-19H2,1H3,(H,36,41). The quantitative estimate of drug-likeness (QED) is 0.321. The third kappa shape index (κ3) is 5.62. The first-order chi connectivity index (χ1) is 20.7. The summed E-state index contributed by atoms with van der Waals surface area (Å²) in [7, 11) is 1.70. The Labute approximate surface area is 259 Å². The zero-order chi connectivity index (χ0) is 30.3. The fourth-order valence-corrected chi connectivity index (χ4v) is 7.63. The van der Waals surface area contributed by atoms with Crippen molar-refractivity contribution in [2.45, 2.75) is 69.7 Å². The number of β-amino-alcohol motifs (C(OH)–C–C–N with tert-alkyl or cyclic N) is 1. The molecule has 2 bridgehead atoms. The smallest absolute Gasteiger partial charge is 0.245 e. The fourth-order valence-electron chi connectivity index (χ4n) is 7.22. The maximum Gasteiger partial charge on any atom is 0.245 e. The minimum Gasteiger partial charge on any atom is -0.391 e. The summed E-state index contributed by atoms with van der Waals surface area (Å²) >= 11 is 3.55. The molecule has 43 heavy (non-hydrogen) atoms. The number of Topliss-reactive ketones (excluding diaryl/α,β-unsaturated/α-hetero) is 1. The zero-order valence-electron chi connectivity index (χ0n) is 24.2. The van der Waals surface area contributed by atoms with Crippen LogP contribution in [0.15, 0.2) is 59.2 Å². The third-order valence-electron chi connectivity index (χ3n) is 9.67. The van der Waals surface area contributed by atoms with Gasteiger partial charge in [-0.25, -0.2) is 0 Å². The number of aliphatic hydroxyl groups excluding tert-OH is 1. The van der Waals surface area contributed by atoms with Gasteiger partial charge in [-0.1, -0.05) is 52.3 Å². The number of aliphatic hydroxyl groups is 1. The molecule has 9 nitrogen and oxygen atoms in total. The molecule has 10 heteroatoms. The van der Waals surface area contributed by atoms with Gasteiger partial charge in [-0.05, 0) is 54.9 Å². The number of likely N-dealkylation sites (tertiary alicyclic amines) is 1. The molecule has 3 N–H and O–H groups in total. The van der Waals surface area contributed by atoms with Crippen molar-refractivity contribution in [2.24, 2.45) is 11.3 Å². The Morgan fingerprint density at radius 2 is 1.84 bits per heavy atom. The second kappa shape index (κ2) is 11.9. The predicted octanol–water partition coefficient (Wildman–Crippen LogP) is 3.73. The molecule has 3 amide bonds. The lowest BCUT2D eigenvalue weighted by molar-refractivity contribution is -0.160. The molecule has 7 rings (SSSR count). The average molecular weight is 650 g/mol. The summed E-state index contributed by atoms with van der Waals surface area (Å²) in [5, 5.41) is 14.5. The van der Waals surface area contributed by atoms with E-state index in [1.807, 2.05) is 54.7 Å². The van der Waals surface area contributed by atoms with E-state index in [9.17, 15) is 24.3 Å². The van der Waals surface area contributed by atoms with Crippen molar-refractivity contribution in [3.8, 4) is 0 Å². The van der Waals surface area contributed by atoms with Crippen molar-refractivity contribution >= 4 is 50.3 Å². The van der Waals surface area contributed by atoms with E-state index >= 15 is 0 Å². The maximum atomic E-state index is 14.0. The van der Waals surface area contributed by atoms with Gasteiger partial charge < -0.3 is 25.2 Å². The van der Waals surface area contributed by atoms with Crippen LogP contribution in [0.4, 0.5) is 0 Å². The van der Waals surface area contributed by atoms with E-state index in [-0.39, 0.29) is 37.0 Å². The Bertz CT molecular complexity index is 1560. The summed E-state index contributed by atoms with van der Waals surface area (Å²) in [6.07, 6.45) is 4.33. The number of fused-ring (bicyclic) bond motifs is 4. The van der Waals surface area contributed by atoms with Crippen LogP contribution >= 0.6 is 15.9 Å². The van der Waals surface area contributed by atoms with Crippen LogP contribution in [0.25, 0.3) is 10.9 Å². The van der Waals surface area contributed by atoms with Crippen molar-refractivity contribution < 1.29 is 24.3 Å². The van der Waals surface area contributed by atoms with Crippen LogP contribution in [-0.2, 0) is 32.1 Å². The summed E-state index contributed by atoms with van der Waals surface area (Å²) in [6, 6.07) is 13.6. The van der Waals surface area contributed by atoms with Crippen molar-refractivity contribution in [1.29, 1.82) is 0 Å². The number of halogens is 1. The third-order valence-corrected chi connectivity index (χ3v) is 10.4. The van der Waals surface area contributed by atoms with Crippen molar-refractivity contribution in [3.63, 3.8) is 0 Å². The van der Waals surface area contributed by atoms with Crippen molar-refractivity contribution in [3.05, 3.63) is 70.3 Å². The molecular weight excluding hydrogens is 612 g/mol. The molecule has 4 fully saturated rings. The number of aromatic amines is 1. The van der Waals surface area contributed by atoms with Gasteiger partial charge in [-0.2, -0.15) is 0 Å². The van der Waals surface area contributed by atoms with Gasteiger partial charge in [0, 0.05) is 61.0 Å². The number of H-pyrrole nitrogens is 1. The van der Waals surface area contributed by atoms with Gasteiger partial charge in [0.25, 0.3) is 0 Å². The molecule has 1 aliphatic heterocycles. The highest BCUT2D eigenvalue weighted by molar-refractivity contribution is 9.10. The monoisotopic (exact) mass is 648 g/mol. The number of hydrogen-bond donors (Lipinski definition) is 3. The average Bonchev–Trinajstić information content (AvgIpc) is 3.61. The molecule has 1 saturated heterocycles. The Balaban J connectivity index is 1.25. The number of nitrogens with zero attached hydrogens (tertiary/aromatic N) is 2. The first-order valence-electron chi connectivity index (χ1n) is 15.0. The molecular formula is C33H37BrN4O5. The molecule has 1 aromatic heterocycles. The molecule has 2 heterocycles. The van der Waals surface area contributed by atoms with Crippen LogP contribution in [0.5, 0.6) is 0 Å². The van der Waals surface area contributed by atoms with E-state index in [2.05, 4.69) is 26.2 Å². The number of ketones is 1. The van der Waals surface area contributed by atoms with E-state index in [0.717, 1.165) is 39.3 Å². The molecule has 0 radical (unpaired) electrons. The van der Waals surface area contributed by atoms with Gasteiger partial charge >= 0.3 is 0 Å². The minimum absolute atomic E-state index is 0.00161. The van der Waals surface area contributed by atoms with Gasteiger partial charge in [-0.3, -0.25) is 19.2 Å². The molecule has 226 valence electrons. The number of carbonyl (C=O) groups excluding carboxylic acids is 4. The van der Waals surface area contributed by atoms with E-state index in [1.54, 1.807) is 11.9 Å². The molecule has 2 aromatic carbocycles. The van der Waals surface area contributed by atoms with Crippen LogP contribution in [0.1, 0.15) is 49.7 Å². The zero-order valence-corrected chi connectivity index (χ0v) is 25.8. The number of amides is 3. The molecule has 3 aromatic rings. The summed E-state index contributed by atoms with van der Waals surface area (Å²) in [4.78, 5) is 61.1. The highest BCUT2D eigenvalue weighted by atomic mass is 79.9. The number of carbonyl (C=O) groups is 4. The number of aromatic nitrogens is 1. The second-order valence-electron chi connectivity index (χ2n) is 12.4. The van der Waals surface area contributed by atoms with Gasteiger partial charge in [0.05, 0.1) is 6.10 Å².